The maximum atomic E-state index is 12.0. The van der Waals surface area contributed by atoms with Crippen LogP contribution in [-0.4, -0.2) is 24.7 Å². The molecule has 1 aliphatic rings. The fourth-order valence-electron chi connectivity index (χ4n) is 2.08. The minimum Gasteiger partial charge on any atom is -0.381 e. The number of nitrogens with one attached hydrogen (secondary N) is 1. The first-order valence-electron chi connectivity index (χ1n) is 5.96. The number of allylic oxidation sites excluding steroid dienone is 1. The van der Waals surface area contributed by atoms with Crippen LogP contribution in [0.15, 0.2) is 22.7 Å². The Morgan fingerprint density at radius 3 is 2.89 bits per heavy atom. The van der Waals surface area contributed by atoms with Crippen molar-refractivity contribution < 1.29 is 8.42 Å². The fraction of sp³-hybridized carbons (Fsp3) is 0.545. The van der Waals surface area contributed by atoms with Crippen LogP contribution in [0.5, 0.6) is 0 Å². The van der Waals surface area contributed by atoms with Gasteiger partial charge in [0.2, 0.25) is 10.0 Å². The molecule has 1 heterocycles. The molecule has 6 nitrogen and oxygen atoms in total. The summed E-state index contributed by atoms with van der Waals surface area (Å²) in [5.41, 5.74) is 6.89. The molecule has 0 saturated heterocycles. The number of nitrogen functional groups attached to an aromatic ring is 1. The van der Waals surface area contributed by atoms with Gasteiger partial charge < -0.3 is 5.73 Å². The van der Waals surface area contributed by atoms with E-state index in [2.05, 4.69) is 15.9 Å². The van der Waals surface area contributed by atoms with Crippen LogP contribution < -0.4 is 10.5 Å². The second kappa shape index (κ2) is 5.11. The highest BCUT2D eigenvalue weighted by atomic mass is 32.2. The molecule has 0 bridgehead atoms. The number of anilines is 1. The summed E-state index contributed by atoms with van der Waals surface area (Å²) in [6.07, 6.45) is 7.73. The SMILES string of the molecule is Cn1cc(S(=O)(=O)NCCC2=CCCC2)c(N)n1. The van der Waals surface area contributed by atoms with Gasteiger partial charge in [0, 0.05) is 19.8 Å². The van der Waals surface area contributed by atoms with Gasteiger partial charge in [-0.25, -0.2) is 13.1 Å². The van der Waals surface area contributed by atoms with Crippen LogP contribution in [0.2, 0.25) is 0 Å². The quantitative estimate of drug-likeness (QED) is 0.774. The van der Waals surface area contributed by atoms with Gasteiger partial charge in [-0.15, -0.1) is 0 Å². The summed E-state index contributed by atoms with van der Waals surface area (Å²) in [6, 6.07) is 0. The summed E-state index contributed by atoms with van der Waals surface area (Å²) in [4.78, 5) is 0.0467. The number of nitrogens with zero attached hydrogens (tertiary/aromatic N) is 2. The minimum absolute atomic E-state index is 0.0325. The van der Waals surface area contributed by atoms with Crippen molar-refractivity contribution in [3.05, 3.63) is 17.8 Å². The van der Waals surface area contributed by atoms with Crippen molar-refractivity contribution in [2.24, 2.45) is 7.05 Å². The van der Waals surface area contributed by atoms with E-state index < -0.39 is 10.0 Å². The Hall–Kier alpha value is -1.34. The van der Waals surface area contributed by atoms with Gasteiger partial charge >= 0.3 is 0 Å². The highest BCUT2D eigenvalue weighted by Crippen LogP contribution is 2.20. The Morgan fingerprint density at radius 2 is 2.33 bits per heavy atom. The number of nitrogens with two attached hydrogens (primary N) is 1. The zero-order chi connectivity index (χ0) is 13.2. The van der Waals surface area contributed by atoms with Crippen LogP contribution in [0, 0.1) is 0 Å². The topological polar surface area (TPSA) is 90.0 Å². The molecule has 18 heavy (non-hydrogen) atoms. The van der Waals surface area contributed by atoms with Crippen molar-refractivity contribution in [2.45, 2.75) is 30.6 Å². The number of hydrogen-bond donors (Lipinski definition) is 2. The number of rotatable bonds is 5. The third-order valence-electron chi connectivity index (χ3n) is 2.98. The van der Waals surface area contributed by atoms with E-state index in [1.54, 1.807) is 7.05 Å². The summed E-state index contributed by atoms with van der Waals surface area (Å²) in [5, 5.41) is 3.83. The van der Waals surface area contributed by atoms with Crippen molar-refractivity contribution in [3.63, 3.8) is 0 Å². The largest absolute Gasteiger partial charge is 0.381 e. The van der Waals surface area contributed by atoms with Gasteiger partial charge in [0.05, 0.1) is 0 Å². The summed E-state index contributed by atoms with van der Waals surface area (Å²) in [5.74, 6) is 0.0325. The first-order chi connectivity index (χ1) is 8.49. The molecule has 100 valence electrons. The minimum atomic E-state index is -3.55. The lowest BCUT2D eigenvalue weighted by Gasteiger charge is -2.05. The van der Waals surface area contributed by atoms with E-state index in [0.717, 1.165) is 19.3 Å². The molecule has 0 amide bonds. The van der Waals surface area contributed by atoms with Crippen LogP contribution in [0.25, 0.3) is 0 Å². The zero-order valence-electron chi connectivity index (χ0n) is 10.4. The number of hydrogen-bond acceptors (Lipinski definition) is 4. The molecule has 0 unspecified atom stereocenters. The summed E-state index contributed by atoms with van der Waals surface area (Å²) in [6.45, 7) is 0.405. The molecular formula is C11H18N4O2S. The lowest BCUT2D eigenvalue weighted by Crippen LogP contribution is -2.25. The van der Waals surface area contributed by atoms with E-state index in [9.17, 15) is 8.42 Å². The van der Waals surface area contributed by atoms with Gasteiger partial charge in [0.15, 0.2) is 5.82 Å². The third kappa shape index (κ3) is 2.91. The maximum Gasteiger partial charge on any atom is 0.245 e. The molecule has 2 rings (SSSR count). The molecule has 0 spiro atoms. The lowest BCUT2D eigenvalue weighted by molar-refractivity contribution is 0.581. The Morgan fingerprint density at radius 1 is 1.56 bits per heavy atom. The molecule has 1 aromatic heterocycles. The highest BCUT2D eigenvalue weighted by Gasteiger charge is 2.20. The van der Waals surface area contributed by atoms with Gasteiger partial charge in [-0.05, 0) is 25.7 Å². The molecule has 0 saturated carbocycles. The lowest BCUT2D eigenvalue weighted by atomic mass is 10.2. The molecule has 1 aliphatic carbocycles. The Kier molecular flexibility index (Phi) is 3.72. The maximum absolute atomic E-state index is 12.0. The van der Waals surface area contributed by atoms with Crippen molar-refractivity contribution >= 4 is 15.8 Å². The number of aromatic nitrogens is 2. The van der Waals surface area contributed by atoms with Crippen molar-refractivity contribution in [1.29, 1.82) is 0 Å². The Labute approximate surface area is 107 Å². The molecule has 0 aromatic carbocycles. The molecule has 1 aromatic rings. The van der Waals surface area contributed by atoms with E-state index in [0.29, 0.717) is 6.54 Å². The second-order valence-corrected chi connectivity index (χ2v) is 6.19. The first kappa shape index (κ1) is 13.1. The van der Waals surface area contributed by atoms with Crippen LogP contribution in [0.4, 0.5) is 5.82 Å². The van der Waals surface area contributed by atoms with Crippen molar-refractivity contribution in [2.75, 3.05) is 12.3 Å². The number of sulfonamides is 1. The second-order valence-electron chi connectivity index (χ2n) is 4.45. The summed E-state index contributed by atoms with van der Waals surface area (Å²) < 4.78 is 27.9. The van der Waals surface area contributed by atoms with E-state index in [4.69, 9.17) is 5.73 Å². The van der Waals surface area contributed by atoms with Gasteiger partial charge in [0.25, 0.3) is 0 Å². The number of aryl methyl sites for hydroxylation is 1. The molecule has 0 atom stereocenters. The molecule has 7 heteroatoms. The van der Waals surface area contributed by atoms with Crippen LogP contribution in [-0.2, 0) is 17.1 Å². The average Bonchev–Trinajstić information content (AvgIpc) is 2.88. The van der Waals surface area contributed by atoms with Crippen LogP contribution in [0.3, 0.4) is 0 Å². The van der Waals surface area contributed by atoms with E-state index in [1.165, 1.54) is 22.9 Å². The Balaban J connectivity index is 1.97. The van der Waals surface area contributed by atoms with Crippen molar-refractivity contribution in [3.8, 4) is 0 Å². The summed E-state index contributed by atoms with van der Waals surface area (Å²) >= 11 is 0. The first-order valence-corrected chi connectivity index (χ1v) is 7.44. The van der Waals surface area contributed by atoms with Gasteiger partial charge in [-0.3, -0.25) is 4.68 Å². The van der Waals surface area contributed by atoms with Crippen LogP contribution >= 0.6 is 0 Å². The predicted octanol–water partition coefficient (Wildman–Crippen LogP) is 0.781. The Bertz CT molecular complexity index is 560. The highest BCUT2D eigenvalue weighted by molar-refractivity contribution is 7.89. The van der Waals surface area contributed by atoms with Gasteiger partial charge in [0.1, 0.15) is 4.90 Å². The third-order valence-corrected chi connectivity index (χ3v) is 4.46. The van der Waals surface area contributed by atoms with E-state index >= 15 is 0 Å². The van der Waals surface area contributed by atoms with Crippen LogP contribution in [0.1, 0.15) is 25.7 Å². The van der Waals surface area contributed by atoms with Crippen molar-refractivity contribution in [1.82, 2.24) is 14.5 Å². The molecular weight excluding hydrogens is 252 g/mol. The normalized spacial score (nSPS) is 15.9. The average molecular weight is 270 g/mol. The zero-order valence-corrected chi connectivity index (χ0v) is 11.2. The summed E-state index contributed by atoms with van der Waals surface area (Å²) in [7, 11) is -1.91. The van der Waals surface area contributed by atoms with E-state index in [-0.39, 0.29) is 10.7 Å². The molecule has 3 N–H and O–H groups in total. The predicted molar refractivity (Wildman–Crippen MR) is 69.4 cm³/mol. The molecule has 0 fully saturated rings. The fourth-order valence-corrected chi connectivity index (χ4v) is 3.21. The van der Waals surface area contributed by atoms with E-state index in [1.807, 2.05) is 0 Å². The molecule has 0 aliphatic heterocycles. The standard InChI is InChI=1S/C11H18N4O2S/c1-15-8-10(11(12)14-15)18(16,17)13-7-6-9-4-2-3-5-9/h4,8,13H,2-3,5-7H2,1H3,(H2,12,14). The molecule has 0 radical (unpaired) electrons. The van der Waals surface area contributed by atoms with Gasteiger partial charge in [-0.2, -0.15) is 5.10 Å². The monoisotopic (exact) mass is 270 g/mol. The van der Waals surface area contributed by atoms with Gasteiger partial charge in [-0.1, -0.05) is 11.6 Å². The smallest absolute Gasteiger partial charge is 0.245 e.